The molecule has 3 aromatic rings. The summed E-state index contributed by atoms with van der Waals surface area (Å²) in [7, 11) is -2.90. The molecule has 0 radical (unpaired) electrons. The van der Waals surface area contributed by atoms with Gasteiger partial charge in [0.05, 0.1) is 22.6 Å². The van der Waals surface area contributed by atoms with Gasteiger partial charge >= 0.3 is 0 Å². The van der Waals surface area contributed by atoms with Gasteiger partial charge in [-0.1, -0.05) is 12.1 Å². The molecule has 0 unspecified atom stereocenters. The Balaban J connectivity index is 1.75. The van der Waals surface area contributed by atoms with Crippen molar-refractivity contribution in [2.24, 2.45) is 0 Å². The fraction of sp³-hybridized carbons (Fsp3) is 0.208. The smallest absolute Gasteiger partial charge is 0.298 e. The van der Waals surface area contributed by atoms with Gasteiger partial charge in [-0.2, -0.15) is 8.42 Å². The molecule has 3 aromatic carbocycles. The minimum absolute atomic E-state index is 0.110. The van der Waals surface area contributed by atoms with Gasteiger partial charge < -0.3 is 10.6 Å². The first-order valence-electron chi connectivity index (χ1n) is 11.0. The van der Waals surface area contributed by atoms with Crippen LogP contribution in [0.15, 0.2) is 42.5 Å². The van der Waals surface area contributed by atoms with Crippen LogP contribution in [-0.2, 0) is 16.6 Å². The van der Waals surface area contributed by atoms with Crippen LogP contribution in [0.4, 0.5) is 34.6 Å². The van der Waals surface area contributed by atoms with E-state index in [-0.39, 0.29) is 28.4 Å². The second-order valence-electron chi connectivity index (χ2n) is 8.35. The standard InChI is InChI=1S/C24H21F4IN4O3S/c1-30-37(35,36)33-19-4-2-3-12(20(19)26)9-13-10-16(24(34)31-15-6-7-15)23(22(28)21(13)27)32-18-8-5-14(29)11-17(18)25/h2-5,8,10-11,15,30,32-33H,6-7,9H2,1H3,(H,31,34). The molecule has 1 aliphatic carbocycles. The minimum Gasteiger partial charge on any atom is -0.350 e. The molecule has 37 heavy (non-hydrogen) atoms. The fourth-order valence-corrected chi connectivity index (χ4v) is 4.52. The van der Waals surface area contributed by atoms with E-state index in [2.05, 4.69) is 10.6 Å². The molecule has 7 nitrogen and oxygen atoms in total. The first-order valence-corrected chi connectivity index (χ1v) is 13.6. The van der Waals surface area contributed by atoms with E-state index in [9.17, 15) is 17.6 Å². The molecule has 0 heterocycles. The van der Waals surface area contributed by atoms with Crippen molar-refractivity contribution in [2.45, 2.75) is 25.3 Å². The van der Waals surface area contributed by atoms with Gasteiger partial charge in [0.1, 0.15) is 5.82 Å². The van der Waals surface area contributed by atoms with Gasteiger partial charge in [0.25, 0.3) is 16.1 Å². The van der Waals surface area contributed by atoms with Crippen LogP contribution in [0.25, 0.3) is 0 Å². The van der Waals surface area contributed by atoms with Gasteiger partial charge in [0, 0.05) is 23.1 Å². The van der Waals surface area contributed by atoms with Gasteiger partial charge in [0.15, 0.2) is 17.5 Å². The van der Waals surface area contributed by atoms with Gasteiger partial charge in [0.2, 0.25) is 0 Å². The van der Waals surface area contributed by atoms with E-state index in [0.29, 0.717) is 3.57 Å². The number of hydrogen-bond donors (Lipinski definition) is 4. The summed E-state index contributed by atoms with van der Waals surface area (Å²) < 4.78 is 88.1. The average molecular weight is 648 g/mol. The number of nitrogens with one attached hydrogen (secondary N) is 4. The van der Waals surface area contributed by atoms with Gasteiger partial charge in [-0.05, 0) is 76.9 Å². The second kappa shape index (κ2) is 10.8. The SMILES string of the molecule is CNS(=O)(=O)Nc1cccc(Cc2cc(C(=O)NC3CC3)c(Nc3ccc(I)cc3F)c(F)c2F)c1F. The zero-order chi connectivity index (χ0) is 26.9. The van der Waals surface area contributed by atoms with Crippen LogP contribution in [-0.4, -0.2) is 27.4 Å². The number of hydrogen-bond acceptors (Lipinski definition) is 4. The molecule has 0 bridgehead atoms. The Morgan fingerprint density at radius 2 is 1.70 bits per heavy atom. The number of carbonyl (C=O) groups excluding carboxylic acids is 1. The third kappa shape index (κ3) is 6.33. The van der Waals surface area contributed by atoms with Crippen LogP contribution < -0.4 is 20.1 Å². The van der Waals surface area contributed by atoms with E-state index >= 15 is 13.2 Å². The number of halogens is 5. The third-order valence-electron chi connectivity index (χ3n) is 5.60. The molecule has 1 amide bonds. The summed E-state index contributed by atoms with van der Waals surface area (Å²) in [6.07, 6.45) is 0.972. The van der Waals surface area contributed by atoms with Crippen molar-refractivity contribution in [3.05, 3.63) is 86.0 Å². The predicted molar refractivity (Wildman–Crippen MR) is 140 cm³/mol. The van der Waals surface area contributed by atoms with E-state index in [1.165, 1.54) is 30.3 Å². The molecule has 0 saturated heterocycles. The summed E-state index contributed by atoms with van der Waals surface area (Å²) in [5, 5.41) is 5.17. The van der Waals surface area contributed by atoms with Crippen molar-refractivity contribution in [1.82, 2.24) is 10.0 Å². The minimum atomic E-state index is -4.03. The number of anilines is 3. The lowest BCUT2D eigenvalue weighted by atomic mass is 9.99. The van der Waals surface area contributed by atoms with Crippen LogP contribution in [0.3, 0.4) is 0 Å². The van der Waals surface area contributed by atoms with Crippen molar-refractivity contribution in [3.63, 3.8) is 0 Å². The first-order chi connectivity index (χ1) is 17.5. The summed E-state index contributed by atoms with van der Waals surface area (Å²) in [4.78, 5) is 12.9. The molecule has 196 valence electrons. The highest BCUT2D eigenvalue weighted by molar-refractivity contribution is 14.1. The molecule has 1 fully saturated rings. The highest BCUT2D eigenvalue weighted by atomic mass is 127. The first kappa shape index (κ1) is 27.1. The fourth-order valence-electron chi connectivity index (χ4n) is 3.52. The topological polar surface area (TPSA) is 99.3 Å². The Labute approximate surface area is 224 Å². The summed E-state index contributed by atoms with van der Waals surface area (Å²) in [6.45, 7) is 0. The van der Waals surface area contributed by atoms with Crippen LogP contribution >= 0.6 is 22.6 Å². The van der Waals surface area contributed by atoms with Crippen molar-refractivity contribution in [3.8, 4) is 0 Å². The molecule has 0 aromatic heterocycles. The predicted octanol–water partition coefficient (Wildman–Crippen LogP) is 4.95. The van der Waals surface area contributed by atoms with E-state index in [1.807, 2.05) is 32.0 Å². The number of benzene rings is 3. The largest absolute Gasteiger partial charge is 0.350 e. The quantitative estimate of drug-likeness (QED) is 0.195. The Kier molecular flexibility index (Phi) is 7.94. The summed E-state index contributed by atoms with van der Waals surface area (Å²) in [5.74, 6) is -5.23. The zero-order valence-corrected chi connectivity index (χ0v) is 22.2. The Hall–Kier alpha value is -2.91. The highest BCUT2D eigenvalue weighted by Crippen LogP contribution is 2.33. The lowest BCUT2D eigenvalue weighted by Gasteiger charge is -2.17. The zero-order valence-electron chi connectivity index (χ0n) is 19.3. The van der Waals surface area contributed by atoms with Crippen molar-refractivity contribution >= 4 is 55.8 Å². The Morgan fingerprint density at radius 3 is 2.35 bits per heavy atom. The van der Waals surface area contributed by atoms with Crippen molar-refractivity contribution < 1.29 is 30.8 Å². The number of carbonyl (C=O) groups is 1. The lowest BCUT2D eigenvalue weighted by Crippen LogP contribution is -2.27. The maximum atomic E-state index is 15.3. The maximum Gasteiger partial charge on any atom is 0.298 e. The molecule has 1 saturated carbocycles. The molecule has 0 atom stereocenters. The number of rotatable bonds is 9. The highest BCUT2D eigenvalue weighted by Gasteiger charge is 2.29. The van der Waals surface area contributed by atoms with Crippen LogP contribution in [0.2, 0.25) is 0 Å². The molecule has 13 heteroatoms. The Morgan fingerprint density at radius 1 is 0.973 bits per heavy atom. The molecular formula is C24H21F4IN4O3S. The maximum absolute atomic E-state index is 15.3. The molecule has 0 aliphatic heterocycles. The molecular weight excluding hydrogens is 627 g/mol. The third-order valence-corrected chi connectivity index (χ3v) is 7.30. The number of amides is 1. The van der Waals surface area contributed by atoms with Gasteiger partial charge in [-0.25, -0.2) is 22.3 Å². The summed E-state index contributed by atoms with van der Waals surface area (Å²) in [5.41, 5.74) is -1.90. The molecule has 4 N–H and O–H groups in total. The molecule has 1 aliphatic rings. The second-order valence-corrected chi connectivity index (χ2v) is 11.2. The van der Waals surface area contributed by atoms with Crippen LogP contribution in [0.1, 0.15) is 34.3 Å². The Bertz CT molecular complexity index is 1480. The van der Waals surface area contributed by atoms with E-state index in [1.54, 1.807) is 6.07 Å². The van der Waals surface area contributed by atoms with E-state index in [0.717, 1.165) is 26.0 Å². The van der Waals surface area contributed by atoms with Crippen LogP contribution in [0, 0.1) is 26.8 Å². The van der Waals surface area contributed by atoms with Gasteiger partial charge in [-0.3, -0.25) is 9.52 Å². The van der Waals surface area contributed by atoms with E-state index < -0.39 is 57.2 Å². The van der Waals surface area contributed by atoms with E-state index in [4.69, 9.17) is 0 Å². The molecule has 4 rings (SSSR count). The van der Waals surface area contributed by atoms with Crippen molar-refractivity contribution in [1.29, 1.82) is 0 Å². The average Bonchev–Trinajstić information content (AvgIpc) is 3.66. The monoisotopic (exact) mass is 648 g/mol. The normalized spacial score (nSPS) is 13.4. The summed E-state index contributed by atoms with van der Waals surface area (Å²) >= 11 is 1.89. The lowest BCUT2D eigenvalue weighted by molar-refractivity contribution is 0.0951. The molecule has 0 spiro atoms. The van der Waals surface area contributed by atoms with Gasteiger partial charge in [-0.15, -0.1) is 0 Å². The summed E-state index contributed by atoms with van der Waals surface area (Å²) in [6, 6.07) is 8.83. The van der Waals surface area contributed by atoms with Crippen molar-refractivity contribution in [2.75, 3.05) is 17.1 Å². The van der Waals surface area contributed by atoms with Crippen LogP contribution in [0.5, 0.6) is 0 Å².